The van der Waals surface area contributed by atoms with E-state index in [4.69, 9.17) is 5.73 Å². The van der Waals surface area contributed by atoms with Gasteiger partial charge in [-0.1, -0.05) is 30.3 Å². The van der Waals surface area contributed by atoms with E-state index in [1.807, 2.05) is 35.7 Å². The Morgan fingerprint density at radius 3 is 2.78 bits per heavy atom. The van der Waals surface area contributed by atoms with E-state index in [1.54, 1.807) is 17.5 Å². The summed E-state index contributed by atoms with van der Waals surface area (Å²) >= 11 is 1.52. The molecule has 1 heterocycles. The zero-order valence-electron chi connectivity index (χ0n) is 10.1. The number of rotatable bonds is 4. The summed E-state index contributed by atoms with van der Waals surface area (Å²) in [6.45, 7) is 0.489. The lowest BCUT2D eigenvalue weighted by Crippen LogP contribution is -2.35. The van der Waals surface area contributed by atoms with Crippen molar-refractivity contribution >= 4 is 17.2 Å². The molecule has 1 atom stereocenters. The molecule has 0 saturated heterocycles. The SMILES string of the molecule is CN(Cc1cscn1)C(=O)[C@@H](N)c1ccccc1. The molecule has 0 aliphatic heterocycles. The summed E-state index contributed by atoms with van der Waals surface area (Å²) in [5, 5.41) is 1.93. The average Bonchev–Trinajstić information content (AvgIpc) is 2.91. The molecule has 2 N–H and O–H groups in total. The normalized spacial score (nSPS) is 12.1. The van der Waals surface area contributed by atoms with E-state index in [2.05, 4.69) is 4.98 Å². The smallest absolute Gasteiger partial charge is 0.244 e. The number of thiazole rings is 1. The number of hydrogen-bond acceptors (Lipinski definition) is 4. The van der Waals surface area contributed by atoms with Gasteiger partial charge in [0.15, 0.2) is 0 Å². The monoisotopic (exact) mass is 261 g/mol. The van der Waals surface area contributed by atoms with E-state index >= 15 is 0 Å². The van der Waals surface area contributed by atoms with Gasteiger partial charge in [0.25, 0.3) is 0 Å². The second-order valence-corrected chi connectivity index (χ2v) is 4.78. The molecule has 5 heteroatoms. The van der Waals surface area contributed by atoms with Crippen molar-refractivity contribution in [2.75, 3.05) is 7.05 Å². The van der Waals surface area contributed by atoms with Crippen molar-refractivity contribution in [3.05, 3.63) is 52.5 Å². The van der Waals surface area contributed by atoms with Gasteiger partial charge >= 0.3 is 0 Å². The number of benzene rings is 1. The van der Waals surface area contributed by atoms with E-state index in [-0.39, 0.29) is 5.91 Å². The van der Waals surface area contributed by atoms with Crippen LogP contribution in [0.15, 0.2) is 41.2 Å². The first kappa shape index (κ1) is 12.7. The molecule has 4 nitrogen and oxygen atoms in total. The van der Waals surface area contributed by atoms with Crippen molar-refractivity contribution in [2.45, 2.75) is 12.6 Å². The Labute approximate surface area is 110 Å². The average molecular weight is 261 g/mol. The van der Waals surface area contributed by atoms with Crippen LogP contribution in [0.3, 0.4) is 0 Å². The molecular formula is C13H15N3OS. The largest absolute Gasteiger partial charge is 0.338 e. The van der Waals surface area contributed by atoms with E-state index in [0.717, 1.165) is 11.3 Å². The quantitative estimate of drug-likeness (QED) is 0.913. The maximum atomic E-state index is 12.1. The molecule has 2 aromatic rings. The molecule has 1 amide bonds. The highest BCUT2D eigenvalue weighted by Gasteiger charge is 2.19. The summed E-state index contributed by atoms with van der Waals surface area (Å²) in [7, 11) is 1.74. The molecular weight excluding hydrogens is 246 g/mol. The number of carbonyl (C=O) groups excluding carboxylic acids is 1. The molecule has 0 spiro atoms. The molecule has 1 aromatic heterocycles. The van der Waals surface area contributed by atoms with Gasteiger partial charge in [0, 0.05) is 12.4 Å². The van der Waals surface area contributed by atoms with Gasteiger partial charge in [0.1, 0.15) is 6.04 Å². The fourth-order valence-electron chi connectivity index (χ4n) is 1.68. The second-order valence-electron chi connectivity index (χ2n) is 4.06. The van der Waals surface area contributed by atoms with Crippen LogP contribution in [0.1, 0.15) is 17.3 Å². The van der Waals surface area contributed by atoms with E-state index < -0.39 is 6.04 Å². The number of likely N-dealkylation sites (N-methyl/N-ethyl adjacent to an activating group) is 1. The van der Waals surface area contributed by atoms with Gasteiger partial charge in [-0.3, -0.25) is 4.79 Å². The van der Waals surface area contributed by atoms with Crippen molar-refractivity contribution in [1.29, 1.82) is 0 Å². The van der Waals surface area contributed by atoms with Crippen molar-refractivity contribution in [3.63, 3.8) is 0 Å². The molecule has 94 valence electrons. The summed E-state index contributed by atoms with van der Waals surface area (Å²) in [6.07, 6.45) is 0. The third kappa shape index (κ3) is 2.94. The van der Waals surface area contributed by atoms with Crippen molar-refractivity contribution in [2.24, 2.45) is 5.73 Å². The third-order valence-corrected chi connectivity index (χ3v) is 3.32. The topological polar surface area (TPSA) is 59.2 Å². The van der Waals surface area contributed by atoms with Crippen molar-refractivity contribution in [3.8, 4) is 0 Å². The van der Waals surface area contributed by atoms with Gasteiger partial charge in [0.05, 0.1) is 17.7 Å². The molecule has 0 saturated carbocycles. The van der Waals surface area contributed by atoms with E-state index in [9.17, 15) is 4.79 Å². The zero-order chi connectivity index (χ0) is 13.0. The van der Waals surface area contributed by atoms with Crippen LogP contribution in [0, 0.1) is 0 Å². The van der Waals surface area contributed by atoms with Crippen LogP contribution < -0.4 is 5.73 Å². The number of carbonyl (C=O) groups is 1. The summed E-state index contributed by atoms with van der Waals surface area (Å²) in [5.74, 6) is -0.103. The molecule has 0 bridgehead atoms. The van der Waals surface area contributed by atoms with Crippen LogP contribution in [0.5, 0.6) is 0 Å². The zero-order valence-corrected chi connectivity index (χ0v) is 10.9. The Hall–Kier alpha value is -1.72. The van der Waals surface area contributed by atoms with Crippen LogP contribution in [0.4, 0.5) is 0 Å². The number of hydrogen-bond donors (Lipinski definition) is 1. The lowest BCUT2D eigenvalue weighted by Gasteiger charge is -2.20. The van der Waals surface area contributed by atoms with Gasteiger partial charge in [-0.15, -0.1) is 11.3 Å². The van der Waals surface area contributed by atoms with Crippen molar-refractivity contribution in [1.82, 2.24) is 9.88 Å². The first-order chi connectivity index (χ1) is 8.68. The van der Waals surface area contributed by atoms with Crippen LogP contribution in [0.2, 0.25) is 0 Å². The highest BCUT2D eigenvalue weighted by atomic mass is 32.1. The van der Waals surface area contributed by atoms with Gasteiger partial charge < -0.3 is 10.6 Å². The maximum absolute atomic E-state index is 12.1. The lowest BCUT2D eigenvalue weighted by molar-refractivity contribution is -0.132. The third-order valence-electron chi connectivity index (χ3n) is 2.68. The summed E-state index contributed by atoms with van der Waals surface area (Å²) in [4.78, 5) is 17.9. The summed E-state index contributed by atoms with van der Waals surface area (Å²) in [5.41, 5.74) is 9.43. The second kappa shape index (κ2) is 5.75. The van der Waals surface area contributed by atoms with Gasteiger partial charge in [-0.2, -0.15) is 0 Å². The highest BCUT2D eigenvalue weighted by molar-refractivity contribution is 7.07. The Bertz CT molecular complexity index is 498. The Balaban J connectivity index is 2.02. The van der Waals surface area contributed by atoms with Crippen LogP contribution >= 0.6 is 11.3 Å². The number of nitrogens with two attached hydrogens (primary N) is 1. The predicted octanol–water partition coefficient (Wildman–Crippen LogP) is 1.80. The minimum Gasteiger partial charge on any atom is -0.338 e. The fraction of sp³-hybridized carbons (Fsp3) is 0.231. The van der Waals surface area contributed by atoms with Crippen molar-refractivity contribution < 1.29 is 4.79 Å². The molecule has 0 radical (unpaired) electrons. The maximum Gasteiger partial charge on any atom is 0.244 e. The molecule has 1 aromatic carbocycles. The number of amides is 1. The summed E-state index contributed by atoms with van der Waals surface area (Å²) in [6, 6.07) is 8.76. The highest BCUT2D eigenvalue weighted by Crippen LogP contribution is 2.13. The first-order valence-electron chi connectivity index (χ1n) is 5.61. The molecule has 2 rings (SSSR count). The first-order valence-corrected chi connectivity index (χ1v) is 6.55. The van der Waals surface area contributed by atoms with Crippen LogP contribution in [0.25, 0.3) is 0 Å². The predicted molar refractivity (Wildman–Crippen MR) is 72.0 cm³/mol. The molecule has 0 unspecified atom stereocenters. The molecule has 18 heavy (non-hydrogen) atoms. The van der Waals surface area contributed by atoms with Crippen LogP contribution in [-0.2, 0) is 11.3 Å². The standard InChI is InChI=1S/C13H15N3OS/c1-16(7-11-8-18-9-15-11)13(17)12(14)10-5-3-2-4-6-10/h2-6,8-9,12H,7,14H2,1H3/t12-/m0/s1. The van der Waals surface area contributed by atoms with Gasteiger partial charge in [0.2, 0.25) is 5.91 Å². The molecule has 0 fully saturated rings. The van der Waals surface area contributed by atoms with Gasteiger partial charge in [-0.25, -0.2) is 4.98 Å². The Morgan fingerprint density at radius 2 is 2.17 bits per heavy atom. The van der Waals surface area contributed by atoms with E-state index in [0.29, 0.717) is 6.54 Å². The van der Waals surface area contributed by atoms with Crippen LogP contribution in [-0.4, -0.2) is 22.8 Å². The number of aromatic nitrogens is 1. The lowest BCUT2D eigenvalue weighted by atomic mass is 10.1. The van der Waals surface area contributed by atoms with E-state index in [1.165, 1.54) is 11.3 Å². The summed E-state index contributed by atoms with van der Waals surface area (Å²) < 4.78 is 0. The minimum absolute atomic E-state index is 0.103. The fourth-order valence-corrected chi connectivity index (χ4v) is 2.23. The number of nitrogens with zero attached hydrogens (tertiary/aromatic N) is 2. The van der Waals surface area contributed by atoms with Gasteiger partial charge in [-0.05, 0) is 5.56 Å². The Kier molecular flexibility index (Phi) is 4.07. The molecule has 0 aliphatic carbocycles. The molecule has 0 aliphatic rings. The minimum atomic E-state index is -0.616. The Morgan fingerprint density at radius 1 is 1.44 bits per heavy atom.